The third-order valence-corrected chi connectivity index (χ3v) is 4.98. The number of alkyl halides is 6. The Morgan fingerprint density at radius 3 is 2.22 bits per heavy atom. The van der Waals surface area contributed by atoms with Gasteiger partial charge in [-0.25, -0.2) is 19.1 Å². The van der Waals surface area contributed by atoms with Gasteiger partial charge < -0.3 is 10.5 Å². The van der Waals surface area contributed by atoms with E-state index in [1.165, 1.54) is 25.4 Å². The summed E-state index contributed by atoms with van der Waals surface area (Å²) in [6.45, 7) is 0.732. The summed E-state index contributed by atoms with van der Waals surface area (Å²) in [6, 6.07) is 3.05. The number of carbonyl (C=O) groups is 2. The van der Waals surface area contributed by atoms with Crippen LogP contribution in [0.25, 0.3) is 11.1 Å². The molecule has 2 heterocycles. The molecule has 0 aliphatic rings. The number of amides is 3. The van der Waals surface area contributed by atoms with Gasteiger partial charge in [-0.2, -0.15) is 26.3 Å². The Morgan fingerprint density at radius 1 is 1.00 bits per heavy atom. The van der Waals surface area contributed by atoms with Crippen molar-refractivity contribution < 1.29 is 45.1 Å². The molecule has 0 aliphatic carbocycles. The number of urea groups is 1. The lowest BCUT2D eigenvalue weighted by Gasteiger charge is -2.24. The minimum Gasteiger partial charge on any atom is -0.496 e. The van der Waals surface area contributed by atoms with E-state index in [-0.39, 0.29) is 27.8 Å². The van der Waals surface area contributed by atoms with Crippen LogP contribution in [0, 0.1) is 12.7 Å². The molecular weight excluding hydrogens is 501 g/mol. The van der Waals surface area contributed by atoms with Crippen LogP contribution < -0.4 is 15.4 Å². The lowest BCUT2D eigenvalue weighted by molar-refractivity contribution is -0.150. The summed E-state index contributed by atoms with van der Waals surface area (Å²) in [7, 11) is 1.20. The van der Waals surface area contributed by atoms with E-state index in [9.17, 15) is 40.3 Å². The number of primary amides is 1. The van der Waals surface area contributed by atoms with Crippen LogP contribution in [0.3, 0.4) is 0 Å². The van der Waals surface area contributed by atoms with E-state index >= 15 is 0 Å². The molecule has 0 bridgehead atoms. The summed E-state index contributed by atoms with van der Waals surface area (Å²) < 4.78 is 99.1. The minimum absolute atomic E-state index is 0.00667. The number of hydrogen-bond acceptors (Lipinski definition) is 5. The lowest BCUT2D eigenvalue weighted by atomic mass is 10.0. The Balaban J connectivity index is 2.28. The maximum atomic E-state index is 13.7. The second-order valence-corrected chi connectivity index (χ2v) is 7.24. The van der Waals surface area contributed by atoms with Crippen molar-refractivity contribution in [1.82, 2.24) is 9.97 Å². The molecule has 0 radical (unpaired) electrons. The average Bonchev–Trinajstić information content (AvgIpc) is 2.77. The SMILES string of the molecule is COc1cc(F)ccc1-c1ccncc1N(C(N)=O)C(=O)c1cc(C(F)(F)F)nc(C(F)(F)F)c1C. The van der Waals surface area contributed by atoms with Crippen LogP contribution in [0.1, 0.15) is 27.3 Å². The van der Waals surface area contributed by atoms with Crippen LogP contribution in [-0.2, 0) is 12.4 Å². The molecule has 2 N–H and O–H groups in total. The quantitative estimate of drug-likeness (QED) is 0.471. The van der Waals surface area contributed by atoms with Crippen molar-refractivity contribution >= 4 is 17.6 Å². The molecule has 3 amide bonds. The minimum atomic E-state index is -5.35. The normalized spacial score (nSPS) is 11.8. The van der Waals surface area contributed by atoms with Crippen LogP contribution in [0.4, 0.5) is 41.2 Å². The van der Waals surface area contributed by atoms with Gasteiger partial charge in [0.15, 0.2) is 0 Å². The zero-order chi connectivity index (χ0) is 27.0. The summed E-state index contributed by atoms with van der Waals surface area (Å²) >= 11 is 0. The van der Waals surface area contributed by atoms with Gasteiger partial charge in [0.2, 0.25) is 0 Å². The van der Waals surface area contributed by atoms with Gasteiger partial charge in [-0.1, -0.05) is 0 Å². The van der Waals surface area contributed by atoms with E-state index in [1.807, 2.05) is 0 Å². The number of anilines is 1. The molecular formula is C22H15F7N4O3. The number of pyridine rings is 2. The summed E-state index contributed by atoms with van der Waals surface area (Å²) in [6.07, 6.45) is -8.54. The summed E-state index contributed by atoms with van der Waals surface area (Å²) in [5.41, 5.74) is -1.00. The van der Waals surface area contributed by atoms with Gasteiger partial charge in [0.25, 0.3) is 5.91 Å². The molecule has 190 valence electrons. The topological polar surface area (TPSA) is 98.4 Å². The first-order valence-corrected chi connectivity index (χ1v) is 9.74. The number of imide groups is 1. The van der Waals surface area contributed by atoms with E-state index in [0.29, 0.717) is 0 Å². The second kappa shape index (κ2) is 9.43. The predicted octanol–water partition coefficient (Wildman–Crippen LogP) is 5.36. The van der Waals surface area contributed by atoms with Crippen molar-refractivity contribution in [3.63, 3.8) is 0 Å². The van der Waals surface area contributed by atoms with Crippen molar-refractivity contribution in [2.24, 2.45) is 5.73 Å². The lowest BCUT2D eigenvalue weighted by Crippen LogP contribution is -2.42. The van der Waals surface area contributed by atoms with Crippen molar-refractivity contribution in [3.05, 3.63) is 71.1 Å². The zero-order valence-electron chi connectivity index (χ0n) is 18.3. The Morgan fingerprint density at radius 2 is 1.67 bits per heavy atom. The highest BCUT2D eigenvalue weighted by molar-refractivity contribution is 6.22. The number of ether oxygens (including phenoxy) is 1. The van der Waals surface area contributed by atoms with Crippen molar-refractivity contribution in [3.8, 4) is 16.9 Å². The fraction of sp³-hybridized carbons (Fsp3) is 0.182. The first-order chi connectivity index (χ1) is 16.7. The summed E-state index contributed by atoms with van der Waals surface area (Å²) in [5.74, 6) is -2.35. The van der Waals surface area contributed by atoms with Gasteiger partial charge >= 0.3 is 18.4 Å². The van der Waals surface area contributed by atoms with Gasteiger partial charge in [0, 0.05) is 29.0 Å². The number of methoxy groups -OCH3 is 1. The average molecular weight is 516 g/mol. The first kappa shape index (κ1) is 26.4. The van der Waals surface area contributed by atoms with Gasteiger partial charge in [0.1, 0.15) is 23.0 Å². The Labute approximate surface area is 198 Å². The smallest absolute Gasteiger partial charge is 0.433 e. The number of aromatic nitrogens is 2. The number of halogens is 7. The number of rotatable bonds is 4. The Bertz CT molecular complexity index is 1340. The van der Waals surface area contributed by atoms with Crippen LogP contribution >= 0.6 is 0 Å². The van der Waals surface area contributed by atoms with Crippen molar-refractivity contribution in [2.45, 2.75) is 19.3 Å². The maximum absolute atomic E-state index is 13.7. The standard InChI is InChI=1S/C22H15F7N4O3/c1-10-14(8-17(21(24,25)26)32-18(10)22(27,28)29)19(34)33(20(30)35)15-9-31-6-5-12(15)13-4-3-11(23)7-16(13)36-2/h3-9H,1-2H3,(H2,30,35). The Kier molecular flexibility index (Phi) is 6.91. The van der Waals surface area contributed by atoms with Gasteiger partial charge in [-0.05, 0) is 36.8 Å². The Hall–Kier alpha value is -4.23. The molecule has 3 rings (SSSR count). The van der Waals surface area contributed by atoms with E-state index in [1.54, 1.807) is 0 Å². The highest BCUT2D eigenvalue weighted by atomic mass is 19.4. The third-order valence-electron chi connectivity index (χ3n) is 4.98. The molecule has 1 aromatic carbocycles. The molecule has 3 aromatic rings. The molecule has 36 heavy (non-hydrogen) atoms. The first-order valence-electron chi connectivity index (χ1n) is 9.74. The number of nitrogens with two attached hydrogens (primary N) is 1. The summed E-state index contributed by atoms with van der Waals surface area (Å²) in [5, 5.41) is 0. The highest BCUT2D eigenvalue weighted by Gasteiger charge is 2.42. The summed E-state index contributed by atoms with van der Waals surface area (Å²) in [4.78, 5) is 32.2. The molecule has 0 fully saturated rings. The molecule has 0 saturated carbocycles. The molecule has 0 saturated heterocycles. The molecule has 14 heteroatoms. The van der Waals surface area contributed by atoms with Crippen LogP contribution in [0.15, 0.2) is 42.7 Å². The monoisotopic (exact) mass is 516 g/mol. The highest BCUT2D eigenvalue weighted by Crippen LogP contribution is 2.39. The number of nitrogens with zero attached hydrogens (tertiary/aromatic N) is 3. The van der Waals surface area contributed by atoms with Crippen LogP contribution in [0.2, 0.25) is 0 Å². The van der Waals surface area contributed by atoms with Gasteiger partial charge in [-0.3, -0.25) is 9.78 Å². The fourth-order valence-electron chi connectivity index (χ4n) is 3.38. The van der Waals surface area contributed by atoms with E-state index < -0.39 is 58.3 Å². The van der Waals surface area contributed by atoms with Crippen molar-refractivity contribution in [1.29, 1.82) is 0 Å². The van der Waals surface area contributed by atoms with Crippen LogP contribution in [-0.4, -0.2) is 29.0 Å². The maximum Gasteiger partial charge on any atom is 0.433 e. The molecule has 0 aliphatic heterocycles. The largest absolute Gasteiger partial charge is 0.496 e. The third kappa shape index (κ3) is 5.06. The van der Waals surface area contributed by atoms with Crippen molar-refractivity contribution in [2.75, 3.05) is 12.0 Å². The van der Waals surface area contributed by atoms with Gasteiger partial charge in [-0.15, -0.1) is 0 Å². The molecule has 0 atom stereocenters. The van der Waals surface area contributed by atoms with Gasteiger partial charge in [0.05, 0.1) is 19.0 Å². The number of hydrogen-bond donors (Lipinski definition) is 1. The molecule has 0 spiro atoms. The molecule has 2 aromatic heterocycles. The zero-order valence-corrected chi connectivity index (χ0v) is 18.3. The molecule has 7 nitrogen and oxygen atoms in total. The number of benzene rings is 1. The van der Waals surface area contributed by atoms with E-state index in [2.05, 4.69) is 9.97 Å². The predicted molar refractivity (Wildman–Crippen MR) is 112 cm³/mol. The van der Waals surface area contributed by atoms with Crippen LogP contribution in [0.5, 0.6) is 5.75 Å². The second-order valence-electron chi connectivity index (χ2n) is 7.24. The molecule has 0 unspecified atom stereocenters. The van der Waals surface area contributed by atoms with E-state index in [4.69, 9.17) is 10.5 Å². The number of carbonyl (C=O) groups excluding carboxylic acids is 2. The van der Waals surface area contributed by atoms with E-state index in [0.717, 1.165) is 25.3 Å². The fourth-order valence-corrected chi connectivity index (χ4v) is 3.38.